The number of amidine groups is 1. The van der Waals surface area contributed by atoms with Gasteiger partial charge in [-0.25, -0.2) is 0 Å². The van der Waals surface area contributed by atoms with Gasteiger partial charge in [0.15, 0.2) is 5.17 Å². The first-order chi connectivity index (χ1) is 18.3. The Balaban J connectivity index is 1.36. The summed E-state index contributed by atoms with van der Waals surface area (Å²) in [5.74, 6) is -1.03. The smallest absolute Gasteiger partial charge is 0.416 e. The molecule has 2 aromatic carbocycles. The molecule has 2 amide bonds. The van der Waals surface area contributed by atoms with E-state index in [1.54, 1.807) is 0 Å². The molecule has 1 aromatic heterocycles. The van der Waals surface area contributed by atoms with Crippen molar-refractivity contribution >= 4 is 52.2 Å². The zero-order chi connectivity index (χ0) is 28.4. The average Bonchev–Trinajstić information content (AvgIpc) is 3.44. The first-order valence-corrected chi connectivity index (χ1v) is 12.1. The van der Waals surface area contributed by atoms with Gasteiger partial charge in [0.25, 0.3) is 0 Å². The minimum Gasteiger partial charge on any atom is -0.455 e. The quantitative estimate of drug-likeness (QED) is 0.193. The molecule has 0 aliphatic carbocycles. The molecule has 2 N–H and O–H groups in total. The number of nitrogens with one attached hydrogen (secondary N) is 2. The van der Waals surface area contributed by atoms with Crippen LogP contribution in [0.3, 0.4) is 0 Å². The van der Waals surface area contributed by atoms with E-state index in [1.165, 1.54) is 18.2 Å². The van der Waals surface area contributed by atoms with Crippen molar-refractivity contribution in [2.24, 2.45) is 10.2 Å². The van der Waals surface area contributed by atoms with E-state index in [1.807, 2.05) is 0 Å². The van der Waals surface area contributed by atoms with Crippen LogP contribution in [0.5, 0.6) is 0 Å². The van der Waals surface area contributed by atoms with Crippen LogP contribution in [0.4, 0.5) is 32.0 Å². The molecule has 1 saturated heterocycles. The molecule has 0 bridgehead atoms. The van der Waals surface area contributed by atoms with E-state index in [4.69, 9.17) is 16.0 Å². The van der Waals surface area contributed by atoms with Crippen LogP contribution >= 0.6 is 23.4 Å². The lowest BCUT2D eigenvalue weighted by Crippen LogP contribution is -2.28. The summed E-state index contributed by atoms with van der Waals surface area (Å²) in [6.07, 6.45) is -8.32. The highest BCUT2D eigenvalue weighted by Crippen LogP contribution is 2.36. The average molecular weight is 589 g/mol. The Morgan fingerprint density at radius 2 is 1.77 bits per heavy atom. The number of hydrogen-bond donors (Lipinski definition) is 2. The molecule has 1 unspecified atom stereocenters. The minimum absolute atomic E-state index is 0.0299. The van der Waals surface area contributed by atoms with E-state index < -0.39 is 40.5 Å². The number of alkyl halides is 6. The number of carbonyl (C=O) groups excluding carboxylic acids is 2. The molecule has 1 fully saturated rings. The third-order valence-corrected chi connectivity index (χ3v) is 6.54. The third kappa shape index (κ3) is 7.20. The lowest BCUT2D eigenvalue weighted by molar-refractivity contribution is -0.138. The van der Waals surface area contributed by atoms with Crippen molar-refractivity contribution in [3.63, 3.8) is 0 Å². The van der Waals surface area contributed by atoms with Crippen LogP contribution in [0.2, 0.25) is 5.02 Å². The predicted molar refractivity (Wildman–Crippen MR) is 133 cm³/mol. The van der Waals surface area contributed by atoms with Crippen LogP contribution in [-0.4, -0.2) is 28.4 Å². The summed E-state index contributed by atoms with van der Waals surface area (Å²) in [5, 5.41) is 11.6. The third-order valence-electron chi connectivity index (χ3n) is 5.14. The molecule has 15 heteroatoms. The van der Waals surface area contributed by atoms with E-state index in [0.717, 1.165) is 54.4 Å². The number of halogens is 7. The van der Waals surface area contributed by atoms with Crippen molar-refractivity contribution in [1.29, 1.82) is 0 Å². The molecule has 3 aromatic rings. The summed E-state index contributed by atoms with van der Waals surface area (Å²) in [7, 11) is 0. The van der Waals surface area contributed by atoms with Crippen LogP contribution in [0, 0.1) is 0 Å². The Kier molecular flexibility index (Phi) is 8.07. The Bertz CT molecular complexity index is 1470. The zero-order valence-corrected chi connectivity index (χ0v) is 20.8. The van der Waals surface area contributed by atoms with Crippen LogP contribution in [0.25, 0.3) is 11.3 Å². The van der Waals surface area contributed by atoms with Gasteiger partial charge in [0, 0.05) is 17.7 Å². The van der Waals surface area contributed by atoms with Gasteiger partial charge in [-0.15, -0.1) is 5.10 Å². The maximum absolute atomic E-state index is 13.0. The number of thioether (sulfide) groups is 1. The van der Waals surface area contributed by atoms with Crippen molar-refractivity contribution in [2.75, 3.05) is 5.32 Å². The predicted octanol–water partition coefficient (Wildman–Crippen LogP) is 6.59. The standard InChI is InChI=1S/C24H15ClF6N4O3S/c25-17-6-4-13(24(29,30)31)9-16(17)18-7-5-15(38-18)11-32-35-22-34-21(37)19(39-22)10-20(36)33-14-3-1-2-12(8-14)23(26,27)28/h1-9,11,19H,10H2,(H,33,36)(H,34,35,37)/b32-11+. The minimum atomic E-state index is -4.57. The number of hydrogen-bond acceptors (Lipinski definition) is 6. The van der Waals surface area contributed by atoms with Crippen molar-refractivity contribution < 1.29 is 40.3 Å². The fraction of sp³-hybridized carbons (Fsp3) is 0.167. The second-order valence-corrected chi connectivity index (χ2v) is 9.57. The van der Waals surface area contributed by atoms with E-state index in [0.29, 0.717) is 0 Å². The van der Waals surface area contributed by atoms with Crippen LogP contribution in [-0.2, 0) is 21.9 Å². The van der Waals surface area contributed by atoms with Gasteiger partial charge in [-0.2, -0.15) is 31.4 Å². The Labute approximate surface area is 225 Å². The van der Waals surface area contributed by atoms with Crippen molar-refractivity contribution in [3.05, 3.63) is 76.5 Å². The van der Waals surface area contributed by atoms with E-state index in [9.17, 15) is 35.9 Å². The Morgan fingerprint density at radius 1 is 1.05 bits per heavy atom. The number of amides is 2. The lowest BCUT2D eigenvalue weighted by Gasteiger charge is -2.10. The number of furan rings is 1. The fourth-order valence-electron chi connectivity index (χ4n) is 3.34. The highest BCUT2D eigenvalue weighted by atomic mass is 35.5. The second-order valence-electron chi connectivity index (χ2n) is 7.97. The molecule has 0 spiro atoms. The van der Waals surface area contributed by atoms with Crippen molar-refractivity contribution in [2.45, 2.75) is 24.0 Å². The molecule has 2 heterocycles. The molecule has 1 atom stereocenters. The maximum Gasteiger partial charge on any atom is 0.416 e. The maximum atomic E-state index is 13.0. The highest BCUT2D eigenvalue weighted by Gasteiger charge is 2.34. The number of rotatable bonds is 6. The summed E-state index contributed by atoms with van der Waals surface area (Å²) in [6.45, 7) is 0. The van der Waals surface area contributed by atoms with Crippen molar-refractivity contribution in [1.82, 2.24) is 5.32 Å². The molecule has 39 heavy (non-hydrogen) atoms. The normalized spacial score (nSPS) is 17.2. The SMILES string of the molecule is O=C(CC1S/C(=N/N=C/c2ccc(-c3cc(C(F)(F)F)ccc3Cl)o2)NC1=O)Nc1cccc(C(F)(F)F)c1. The number of benzene rings is 2. The van der Waals surface area contributed by atoms with Gasteiger partial charge in [-0.1, -0.05) is 29.4 Å². The number of nitrogens with zero attached hydrogens (tertiary/aromatic N) is 2. The summed E-state index contributed by atoms with van der Waals surface area (Å²) in [5.41, 5.74) is -1.86. The molecule has 1 aliphatic rings. The summed E-state index contributed by atoms with van der Waals surface area (Å²) >= 11 is 6.90. The molecular formula is C24H15ClF6N4O3S. The topological polar surface area (TPSA) is 96.1 Å². The summed E-state index contributed by atoms with van der Waals surface area (Å²) in [4.78, 5) is 24.4. The fourth-order valence-corrected chi connectivity index (χ4v) is 4.47. The molecular weight excluding hydrogens is 574 g/mol. The molecule has 0 saturated carbocycles. The Morgan fingerprint density at radius 3 is 2.49 bits per heavy atom. The molecule has 204 valence electrons. The monoisotopic (exact) mass is 588 g/mol. The first-order valence-electron chi connectivity index (χ1n) is 10.8. The van der Waals surface area contributed by atoms with Gasteiger partial charge >= 0.3 is 12.4 Å². The van der Waals surface area contributed by atoms with E-state index in [2.05, 4.69) is 20.8 Å². The molecule has 7 nitrogen and oxygen atoms in total. The Hall–Kier alpha value is -3.78. The summed E-state index contributed by atoms with van der Waals surface area (Å²) < 4.78 is 83.0. The van der Waals surface area contributed by atoms with Gasteiger partial charge < -0.3 is 15.1 Å². The summed E-state index contributed by atoms with van der Waals surface area (Å²) in [6, 6.07) is 9.73. The van der Waals surface area contributed by atoms with Gasteiger partial charge in [-0.05, 0) is 48.5 Å². The van der Waals surface area contributed by atoms with E-state index in [-0.39, 0.29) is 39.4 Å². The van der Waals surface area contributed by atoms with Gasteiger partial charge in [0.1, 0.15) is 16.8 Å². The molecule has 1 aliphatic heterocycles. The lowest BCUT2D eigenvalue weighted by atomic mass is 10.1. The largest absolute Gasteiger partial charge is 0.455 e. The van der Waals surface area contributed by atoms with Crippen LogP contribution < -0.4 is 10.6 Å². The molecule has 0 radical (unpaired) electrons. The van der Waals surface area contributed by atoms with E-state index >= 15 is 0 Å². The van der Waals surface area contributed by atoms with Crippen LogP contribution in [0.1, 0.15) is 23.3 Å². The first kappa shape index (κ1) is 28.2. The van der Waals surface area contributed by atoms with Gasteiger partial charge in [-0.3, -0.25) is 9.59 Å². The van der Waals surface area contributed by atoms with Crippen LogP contribution in [0.15, 0.2) is 69.2 Å². The molecule has 4 rings (SSSR count). The number of anilines is 1. The van der Waals surface area contributed by atoms with Gasteiger partial charge in [0.05, 0.1) is 22.4 Å². The number of carbonyl (C=O) groups is 2. The van der Waals surface area contributed by atoms with Gasteiger partial charge in [0.2, 0.25) is 11.8 Å². The second kappa shape index (κ2) is 11.1. The van der Waals surface area contributed by atoms with Crippen molar-refractivity contribution in [3.8, 4) is 11.3 Å². The zero-order valence-electron chi connectivity index (χ0n) is 19.2. The highest BCUT2D eigenvalue weighted by molar-refractivity contribution is 8.15.